The fraction of sp³-hybridized carbons (Fsp3) is 0.375. The summed E-state index contributed by atoms with van der Waals surface area (Å²) in [7, 11) is 3.15. The molecule has 1 fully saturated rings. The second-order valence-corrected chi connectivity index (χ2v) is 8.76. The van der Waals surface area contributed by atoms with Crippen LogP contribution < -0.4 is 14.8 Å². The molecular formula is C24H29N5O3S. The van der Waals surface area contributed by atoms with E-state index in [2.05, 4.69) is 25.0 Å². The monoisotopic (exact) mass is 467 g/mol. The topological polar surface area (TPSA) is 81.5 Å². The first kappa shape index (κ1) is 23.1. The predicted molar refractivity (Wildman–Crippen MR) is 129 cm³/mol. The van der Waals surface area contributed by atoms with E-state index in [0.29, 0.717) is 22.3 Å². The molecule has 1 amide bonds. The summed E-state index contributed by atoms with van der Waals surface area (Å²) in [6, 6.07) is 15.4. The first-order chi connectivity index (χ1) is 16.2. The van der Waals surface area contributed by atoms with E-state index >= 15 is 0 Å². The van der Waals surface area contributed by atoms with Crippen molar-refractivity contribution in [1.29, 1.82) is 0 Å². The molecule has 0 saturated carbocycles. The van der Waals surface area contributed by atoms with Crippen LogP contribution in [0.15, 0.2) is 53.7 Å². The number of nitrogens with zero attached hydrogens (tertiary/aromatic N) is 4. The third kappa shape index (κ3) is 5.85. The lowest BCUT2D eigenvalue weighted by Crippen LogP contribution is -2.30. The Bertz CT molecular complexity index is 1070. The number of nitrogens with one attached hydrogen (secondary N) is 1. The summed E-state index contributed by atoms with van der Waals surface area (Å²) in [6.45, 7) is 2.91. The second-order valence-electron chi connectivity index (χ2n) is 7.81. The van der Waals surface area contributed by atoms with Gasteiger partial charge in [-0.05, 0) is 50.2 Å². The zero-order valence-electron chi connectivity index (χ0n) is 19.0. The standard InChI is InChI=1S/C24H29N5O3S/c1-31-20-12-11-18(15-21(20)32-2)25-23(30)17-33-24-27-26-22(16-28-13-7-4-8-14-28)29(24)19-9-5-3-6-10-19/h3,5-6,9-12,15H,4,7-8,13-14,16-17H2,1-2H3,(H,25,30). The van der Waals surface area contributed by atoms with Crippen LogP contribution >= 0.6 is 11.8 Å². The average molecular weight is 468 g/mol. The number of para-hydroxylation sites is 1. The predicted octanol–water partition coefficient (Wildman–Crippen LogP) is 4.00. The van der Waals surface area contributed by atoms with Crippen molar-refractivity contribution < 1.29 is 14.3 Å². The van der Waals surface area contributed by atoms with Crippen molar-refractivity contribution >= 4 is 23.4 Å². The lowest BCUT2D eigenvalue weighted by atomic mass is 10.1. The Balaban J connectivity index is 1.46. The first-order valence-corrected chi connectivity index (χ1v) is 12.0. The number of aromatic nitrogens is 3. The third-order valence-corrected chi connectivity index (χ3v) is 6.46. The number of carbonyl (C=O) groups is 1. The van der Waals surface area contributed by atoms with Gasteiger partial charge in [0.1, 0.15) is 0 Å². The van der Waals surface area contributed by atoms with Gasteiger partial charge in [-0.1, -0.05) is 36.4 Å². The molecule has 1 saturated heterocycles. The number of ether oxygens (including phenoxy) is 2. The molecule has 174 valence electrons. The molecule has 2 heterocycles. The maximum Gasteiger partial charge on any atom is 0.234 e. The summed E-state index contributed by atoms with van der Waals surface area (Å²) in [5.74, 6) is 2.15. The van der Waals surface area contributed by atoms with Crippen LogP contribution in [-0.2, 0) is 11.3 Å². The normalized spacial score (nSPS) is 14.1. The van der Waals surface area contributed by atoms with Crippen LogP contribution in [0.2, 0.25) is 0 Å². The molecule has 0 aliphatic carbocycles. The molecule has 4 rings (SSSR count). The quantitative estimate of drug-likeness (QED) is 0.476. The van der Waals surface area contributed by atoms with Gasteiger partial charge in [0.05, 0.1) is 26.5 Å². The van der Waals surface area contributed by atoms with E-state index in [9.17, 15) is 4.79 Å². The largest absolute Gasteiger partial charge is 0.493 e. The van der Waals surface area contributed by atoms with Crippen molar-refractivity contribution in [2.24, 2.45) is 0 Å². The molecule has 1 aliphatic heterocycles. The molecule has 2 aromatic carbocycles. The van der Waals surface area contributed by atoms with E-state index in [1.165, 1.54) is 31.0 Å². The smallest absolute Gasteiger partial charge is 0.234 e. The number of amides is 1. The molecule has 0 radical (unpaired) electrons. The Kier molecular flexibility index (Phi) is 7.85. The lowest BCUT2D eigenvalue weighted by Gasteiger charge is -2.26. The highest BCUT2D eigenvalue weighted by molar-refractivity contribution is 7.99. The van der Waals surface area contributed by atoms with Crippen LogP contribution in [0.5, 0.6) is 11.5 Å². The van der Waals surface area contributed by atoms with Gasteiger partial charge in [-0.25, -0.2) is 0 Å². The highest BCUT2D eigenvalue weighted by atomic mass is 32.2. The second kappa shape index (κ2) is 11.2. The molecule has 33 heavy (non-hydrogen) atoms. The van der Waals surface area contributed by atoms with Crippen molar-refractivity contribution in [2.45, 2.75) is 31.0 Å². The number of methoxy groups -OCH3 is 2. The minimum Gasteiger partial charge on any atom is -0.493 e. The molecule has 0 bridgehead atoms. The molecule has 8 nitrogen and oxygen atoms in total. The van der Waals surface area contributed by atoms with E-state index in [1.54, 1.807) is 32.4 Å². The highest BCUT2D eigenvalue weighted by Crippen LogP contribution is 2.30. The number of hydrogen-bond acceptors (Lipinski definition) is 7. The van der Waals surface area contributed by atoms with Gasteiger partial charge >= 0.3 is 0 Å². The van der Waals surface area contributed by atoms with E-state index in [-0.39, 0.29) is 11.7 Å². The van der Waals surface area contributed by atoms with Gasteiger partial charge in [0.2, 0.25) is 5.91 Å². The molecule has 0 atom stereocenters. The molecular weight excluding hydrogens is 438 g/mol. The highest BCUT2D eigenvalue weighted by Gasteiger charge is 2.19. The van der Waals surface area contributed by atoms with Crippen molar-refractivity contribution in [3.63, 3.8) is 0 Å². The number of likely N-dealkylation sites (tertiary alicyclic amines) is 1. The van der Waals surface area contributed by atoms with E-state index in [0.717, 1.165) is 31.1 Å². The number of piperidine rings is 1. The number of carbonyl (C=O) groups excluding carboxylic acids is 1. The average Bonchev–Trinajstić information content (AvgIpc) is 3.26. The van der Waals surface area contributed by atoms with Crippen LogP contribution in [0, 0.1) is 0 Å². The van der Waals surface area contributed by atoms with Gasteiger partial charge in [0.15, 0.2) is 22.5 Å². The summed E-state index contributed by atoms with van der Waals surface area (Å²) in [4.78, 5) is 15.1. The van der Waals surface area contributed by atoms with E-state index in [4.69, 9.17) is 9.47 Å². The third-order valence-electron chi connectivity index (χ3n) is 5.53. The van der Waals surface area contributed by atoms with Crippen molar-refractivity contribution in [1.82, 2.24) is 19.7 Å². The van der Waals surface area contributed by atoms with Crippen molar-refractivity contribution in [2.75, 3.05) is 38.4 Å². The summed E-state index contributed by atoms with van der Waals surface area (Å²) < 4.78 is 12.6. The van der Waals surface area contributed by atoms with Crippen molar-refractivity contribution in [3.8, 4) is 17.2 Å². The summed E-state index contributed by atoms with van der Waals surface area (Å²) in [5.41, 5.74) is 1.64. The van der Waals surface area contributed by atoms with Gasteiger partial charge in [0.25, 0.3) is 0 Å². The Morgan fingerprint density at radius 1 is 1.00 bits per heavy atom. The van der Waals surface area contributed by atoms with Crippen LogP contribution in [0.25, 0.3) is 5.69 Å². The van der Waals surface area contributed by atoms with Gasteiger partial charge in [-0.3, -0.25) is 14.3 Å². The Morgan fingerprint density at radius 3 is 2.48 bits per heavy atom. The number of anilines is 1. The molecule has 3 aromatic rings. The molecule has 1 aliphatic rings. The first-order valence-electron chi connectivity index (χ1n) is 11.0. The van der Waals surface area contributed by atoms with Gasteiger partial charge in [-0.15, -0.1) is 10.2 Å². The van der Waals surface area contributed by atoms with Gasteiger partial charge in [0, 0.05) is 17.4 Å². The lowest BCUT2D eigenvalue weighted by molar-refractivity contribution is -0.113. The van der Waals surface area contributed by atoms with E-state index < -0.39 is 0 Å². The van der Waals surface area contributed by atoms with Crippen LogP contribution in [0.3, 0.4) is 0 Å². The number of benzene rings is 2. The fourth-order valence-electron chi connectivity index (χ4n) is 3.89. The molecule has 9 heteroatoms. The van der Waals surface area contributed by atoms with E-state index in [1.807, 2.05) is 30.3 Å². The van der Waals surface area contributed by atoms with Gasteiger partial charge in [-0.2, -0.15) is 0 Å². The number of hydrogen-bond donors (Lipinski definition) is 1. The fourth-order valence-corrected chi connectivity index (χ4v) is 4.66. The van der Waals surface area contributed by atoms with Crippen LogP contribution in [0.4, 0.5) is 5.69 Å². The van der Waals surface area contributed by atoms with Gasteiger partial charge < -0.3 is 14.8 Å². The minimum atomic E-state index is -0.132. The number of thioether (sulfide) groups is 1. The Morgan fingerprint density at radius 2 is 1.76 bits per heavy atom. The Hall–Kier alpha value is -3.04. The zero-order chi connectivity index (χ0) is 23.0. The number of rotatable bonds is 9. The summed E-state index contributed by atoms with van der Waals surface area (Å²) in [6.07, 6.45) is 3.73. The van der Waals surface area contributed by atoms with Crippen LogP contribution in [-0.4, -0.2) is 58.6 Å². The maximum atomic E-state index is 12.6. The minimum absolute atomic E-state index is 0.132. The summed E-state index contributed by atoms with van der Waals surface area (Å²) >= 11 is 1.37. The SMILES string of the molecule is COc1ccc(NC(=O)CSc2nnc(CN3CCCCC3)n2-c2ccccc2)cc1OC. The summed E-state index contributed by atoms with van der Waals surface area (Å²) in [5, 5.41) is 12.5. The molecule has 0 unspecified atom stereocenters. The molecule has 0 spiro atoms. The van der Waals surface area contributed by atoms with Crippen LogP contribution in [0.1, 0.15) is 25.1 Å². The zero-order valence-corrected chi connectivity index (χ0v) is 19.8. The molecule has 1 aromatic heterocycles. The maximum absolute atomic E-state index is 12.6. The van der Waals surface area contributed by atoms with Crippen molar-refractivity contribution in [3.05, 3.63) is 54.4 Å². The molecule has 1 N–H and O–H groups in total. The Labute approximate surface area is 198 Å².